The zero-order chi connectivity index (χ0) is 21.7. The number of hydrogen-bond acceptors (Lipinski definition) is 4. The molecule has 1 aliphatic rings. The lowest BCUT2D eigenvalue weighted by Crippen LogP contribution is -2.48. The fourth-order valence-corrected chi connectivity index (χ4v) is 3.78. The van der Waals surface area contributed by atoms with E-state index in [9.17, 15) is 9.59 Å². The third kappa shape index (κ3) is 5.37. The van der Waals surface area contributed by atoms with Gasteiger partial charge in [-0.1, -0.05) is 42.3 Å². The summed E-state index contributed by atoms with van der Waals surface area (Å²) in [6.07, 6.45) is -0.238. The Balaban J connectivity index is 1.65. The summed E-state index contributed by atoms with van der Waals surface area (Å²) in [7, 11) is 0. The lowest BCUT2D eigenvalue weighted by atomic mass is 10.2. The van der Waals surface area contributed by atoms with Crippen LogP contribution in [0.5, 0.6) is 5.75 Å². The second-order valence-corrected chi connectivity index (χ2v) is 7.91. The predicted molar refractivity (Wildman–Crippen MR) is 121 cm³/mol. The summed E-state index contributed by atoms with van der Waals surface area (Å²) < 4.78 is 5.71. The van der Waals surface area contributed by atoms with Crippen molar-refractivity contribution in [2.24, 2.45) is 0 Å². The Kier molecular flexibility index (Phi) is 7.45. The fourth-order valence-electron chi connectivity index (χ4n) is 3.32. The van der Waals surface area contributed by atoms with E-state index < -0.39 is 6.10 Å². The normalized spacial score (nSPS) is 14.9. The number of amides is 2. The Hall–Kier alpha value is -2.44. The van der Waals surface area contributed by atoms with Crippen molar-refractivity contribution >= 4 is 46.4 Å². The maximum absolute atomic E-state index is 12.7. The number of ether oxygens (including phenoxy) is 1. The number of nitrogens with one attached hydrogen (secondary N) is 1. The maximum Gasteiger partial charge on any atom is 0.265 e. The lowest BCUT2D eigenvalue weighted by Gasteiger charge is -2.37. The summed E-state index contributed by atoms with van der Waals surface area (Å²) in [5.74, 6) is 0.282. The molecule has 8 heteroatoms. The highest BCUT2D eigenvalue weighted by atomic mass is 35.5. The fraction of sp³-hybridized carbons (Fsp3) is 0.364. The van der Waals surface area contributed by atoms with Crippen molar-refractivity contribution in [1.29, 1.82) is 0 Å². The number of carbonyl (C=O) groups is 2. The first kappa shape index (κ1) is 22.2. The van der Waals surface area contributed by atoms with Gasteiger partial charge in [-0.2, -0.15) is 0 Å². The van der Waals surface area contributed by atoms with Crippen molar-refractivity contribution in [3.63, 3.8) is 0 Å². The molecule has 0 bridgehead atoms. The van der Waals surface area contributed by atoms with E-state index in [4.69, 9.17) is 27.9 Å². The van der Waals surface area contributed by atoms with Crippen LogP contribution in [0.1, 0.15) is 20.3 Å². The molecule has 1 N–H and O–H groups in total. The Morgan fingerprint density at radius 2 is 1.80 bits per heavy atom. The number of piperazine rings is 1. The van der Waals surface area contributed by atoms with Crippen molar-refractivity contribution in [2.75, 3.05) is 36.4 Å². The summed E-state index contributed by atoms with van der Waals surface area (Å²) in [6, 6.07) is 12.5. The van der Waals surface area contributed by atoms with Gasteiger partial charge in [0, 0.05) is 37.6 Å². The zero-order valence-corrected chi connectivity index (χ0v) is 18.5. The van der Waals surface area contributed by atoms with E-state index in [2.05, 4.69) is 10.2 Å². The van der Waals surface area contributed by atoms with Gasteiger partial charge in [-0.15, -0.1) is 0 Å². The lowest BCUT2D eigenvalue weighted by molar-refractivity contribution is -0.131. The van der Waals surface area contributed by atoms with Gasteiger partial charge in [-0.3, -0.25) is 9.59 Å². The minimum Gasteiger partial charge on any atom is -0.479 e. The zero-order valence-electron chi connectivity index (χ0n) is 17.0. The van der Waals surface area contributed by atoms with E-state index in [0.29, 0.717) is 54.1 Å². The smallest absolute Gasteiger partial charge is 0.265 e. The topological polar surface area (TPSA) is 61.9 Å². The number of hydrogen-bond donors (Lipinski definition) is 1. The Bertz CT molecular complexity index is 914. The van der Waals surface area contributed by atoms with Crippen LogP contribution in [0.15, 0.2) is 42.5 Å². The van der Waals surface area contributed by atoms with E-state index in [1.54, 1.807) is 25.1 Å². The molecule has 2 aromatic rings. The van der Waals surface area contributed by atoms with E-state index >= 15 is 0 Å². The van der Waals surface area contributed by atoms with Gasteiger partial charge in [0.2, 0.25) is 5.91 Å². The minimum atomic E-state index is -0.754. The maximum atomic E-state index is 12.7. The summed E-state index contributed by atoms with van der Waals surface area (Å²) in [4.78, 5) is 28.7. The Labute approximate surface area is 186 Å². The van der Waals surface area contributed by atoms with Crippen LogP contribution in [0.4, 0.5) is 11.4 Å². The van der Waals surface area contributed by atoms with Crippen LogP contribution in [0.3, 0.4) is 0 Å². The number of benzene rings is 2. The quantitative estimate of drug-likeness (QED) is 0.706. The van der Waals surface area contributed by atoms with E-state index in [1.807, 2.05) is 36.1 Å². The Morgan fingerprint density at radius 3 is 2.47 bits per heavy atom. The van der Waals surface area contributed by atoms with Gasteiger partial charge >= 0.3 is 0 Å². The summed E-state index contributed by atoms with van der Waals surface area (Å²) in [5.41, 5.74) is 1.63. The number of rotatable bonds is 6. The number of para-hydroxylation sites is 2. The molecular formula is C22H25Cl2N3O3. The largest absolute Gasteiger partial charge is 0.479 e. The molecule has 1 fully saturated rings. The number of carbonyl (C=O) groups excluding carboxylic acids is 2. The highest BCUT2D eigenvalue weighted by Gasteiger charge is 2.23. The molecule has 0 aliphatic carbocycles. The number of halogens is 2. The average molecular weight is 450 g/mol. The average Bonchev–Trinajstić information content (AvgIpc) is 2.75. The molecule has 2 aromatic carbocycles. The van der Waals surface area contributed by atoms with Gasteiger partial charge in [-0.25, -0.2) is 0 Å². The van der Waals surface area contributed by atoms with Crippen molar-refractivity contribution < 1.29 is 14.3 Å². The second-order valence-electron chi connectivity index (χ2n) is 7.06. The molecule has 1 aliphatic heterocycles. The molecule has 1 atom stereocenters. The molecule has 30 heavy (non-hydrogen) atoms. The molecule has 6 nitrogen and oxygen atoms in total. The minimum absolute atomic E-state index is 0.170. The molecule has 0 aromatic heterocycles. The highest BCUT2D eigenvalue weighted by molar-refractivity contribution is 6.35. The third-order valence-corrected chi connectivity index (χ3v) is 5.53. The predicted octanol–water partition coefficient (Wildman–Crippen LogP) is 4.46. The van der Waals surface area contributed by atoms with Crippen LogP contribution in [0, 0.1) is 0 Å². The van der Waals surface area contributed by atoms with Crippen molar-refractivity contribution in [3.05, 3.63) is 52.5 Å². The molecule has 1 saturated heterocycles. The van der Waals surface area contributed by atoms with Crippen LogP contribution < -0.4 is 15.0 Å². The number of nitrogens with zero attached hydrogens (tertiary/aromatic N) is 2. The first-order chi connectivity index (χ1) is 14.4. The monoisotopic (exact) mass is 449 g/mol. The van der Waals surface area contributed by atoms with E-state index in [1.165, 1.54) is 0 Å². The van der Waals surface area contributed by atoms with Crippen LogP contribution in [0.25, 0.3) is 0 Å². The van der Waals surface area contributed by atoms with Crippen molar-refractivity contribution in [3.8, 4) is 5.75 Å². The van der Waals surface area contributed by atoms with Gasteiger partial charge in [0.25, 0.3) is 5.91 Å². The highest BCUT2D eigenvalue weighted by Crippen LogP contribution is 2.30. The SMILES string of the molecule is CCC(=O)N1CCN(c2ccccc2NC(=O)[C@@H](C)Oc2ccc(Cl)cc2Cl)CC1. The van der Waals surface area contributed by atoms with Crippen molar-refractivity contribution in [1.82, 2.24) is 4.90 Å². The van der Waals surface area contributed by atoms with Gasteiger partial charge in [0.15, 0.2) is 6.10 Å². The number of anilines is 2. The standard InChI is InChI=1S/C22H25Cl2N3O3/c1-3-21(28)27-12-10-26(11-13-27)19-7-5-4-6-18(19)25-22(29)15(2)30-20-9-8-16(23)14-17(20)24/h4-9,14-15H,3,10-13H2,1-2H3,(H,25,29)/t15-/m1/s1. The van der Waals surface area contributed by atoms with Crippen LogP contribution in [-0.4, -0.2) is 49.0 Å². The molecule has 2 amide bonds. The van der Waals surface area contributed by atoms with Gasteiger partial charge in [-0.05, 0) is 37.3 Å². The van der Waals surface area contributed by atoms with Gasteiger partial charge in [0.05, 0.1) is 16.4 Å². The molecule has 1 heterocycles. The molecule has 0 saturated carbocycles. The molecule has 3 rings (SSSR count). The summed E-state index contributed by atoms with van der Waals surface area (Å²) in [6.45, 7) is 6.31. The van der Waals surface area contributed by atoms with Crippen LogP contribution >= 0.6 is 23.2 Å². The summed E-state index contributed by atoms with van der Waals surface area (Å²) >= 11 is 12.0. The molecular weight excluding hydrogens is 425 g/mol. The van der Waals surface area contributed by atoms with Gasteiger partial charge in [0.1, 0.15) is 5.75 Å². The molecule has 160 valence electrons. The molecule has 0 unspecified atom stereocenters. The first-order valence-corrected chi connectivity index (χ1v) is 10.7. The van der Waals surface area contributed by atoms with E-state index in [0.717, 1.165) is 5.69 Å². The summed E-state index contributed by atoms with van der Waals surface area (Å²) in [5, 5.41) is 3.80. The van der Waals surface area contributed by atoms with Crippen LogP contribution in [-0.2, 0) is 9.59 Å². The van der Waals surface area contributed by atoms with E-state index in [-0.39, 0.29) is 11.8 Å². The third-order valence-electron chi connectivity index (χ3n) is 5.00. The molecule has 0 radical (unpaired) electrons. The van der Waals surface area contributed by atoms with Gasteiger partial charge < -0.3 is 19.9 Å². The van der Waals surface area contributed by atoms with Crippen molar-refractivity contribution in [2.45, 2.75) is 26.4 Å². The first-order valence-electron chi connectivity index (χ1n) is 9.93. The molecule has 0 spiro atoms. The Morgan fingerprint density at radius 1 is 1.10 bits per heavy atom. The van der Waals surface area contributed by atoms with Crippen LogP contribution in [0.2, 0.25) is 10.0 Å². The second kappa shape index (κ2) is 10.0.